The van der Waals surface area contributed by atoms with Crippen molar-refractivity contribution in [3.05, 3.63) is 65.6 Å². The van der Waals surface area contributed by atoms with Gasteiger partial charge in [0.25, 0.3) is 0 Å². The number of aryl methyl sites for hydroxylation is 1. The molecule has 0 spiro atoms. The van der Waals surface area contributed by atoms with E-state index in [0.29, 0.717) is 18.9 Å². The number of benzene rings is 2. The van der Waals surface area contributed by atoms with Gasteiger partial charge < -0.3 is 15.5 Å². The summed E-state index contributed by atoms with van der Waals surface area (Å²) in [6.07, 6.45) is 0.853. The Kier molecular flexibility index (Phi) is 6.37. The van der Waals surface area contributed by atoms with Gasteiger partial charge in [-0.15, -0.1) is 0 Å². The number of halogens is 1. The summed E-state index contributed by atoms with van der Waals surface area (Å²) in [7, 11) is 0. The number of hydrogen-bond donors (Lipinski definition) is 2. The van der Waals surface area contributed by atoms with Crippen LogP contribution in [-0.2, 0) is 4.74 Å². The second-order valence-corrected chi connectivity index (χ2v) is 6.85. The fourth-order valence-corrected chi connectivity index (χ4v) is 3.25. The Hall–Kier alpha value is -2.79. The second kappa shape index (κ2) is 8.93. The molecule has 1 aromatic heterocycles. The molecule has 1 atom stereocenters. The number of anilines is 2. The van der Waals surface area contributed by atoms with E-state index in [4.69, 9.17) is 10.1 Å². The van der Waals surface area contributed by atoms with Crippen LogP contribution < -0.4 is 5.32 Å². The number of aromatic nitrogens is 1. The molecule has 0 aliphatic carbocycles. The molecule has 0 radical (unpaired) electrons. The molecular formula is C23H26FN3O. The van der Waals surface area contributed by atoms with Crippen LogP contribution in [0.25, 0.3) is 10.9 Å². The molecule has 1 heterocycles. The minimum absolute atomic E-state index is 0.0574. The van der Waals surface area contributed by atoms with E-state index < -0.39 is 0 Å². The van der Waals surface area contributed by atoms with Crippen molar-refractivity contribution in [1.82, 2.24) is 4.98 Å². The van der Waals surface area contributed by atoms with Crippen LogP contribution in [0.15, 0.2) is 48.5 Å². The standard InChI is InChI=1S/C23H26FN3O/c1-4-16(14-28-5-2)23(25)21-12-15(3)26-22-13-19(10-11-20(21)22)27-18-8-6-17(24)7-9-18/h6-13,16,25,27H,4-5,14H2,1-3H3/t16-/m1/s1. The molecule has 28 heavy (non-hydrogen) atoms. The zero-order valence-electron chi connectivity index (χ0n) is 16.6. The average Bonchev–Trinajstić information content (AvgIpc) is 2.69. The van der Waals surface area contributed by atoms with E-state index in [0.717, 1.165) is 40.0 Å². The normalized spacial score (nSPS) is 12.1. The lowest BCUT2D eigenvalue weighted by Crippen LogP contribution is -2.20. The van der Waals surface area contributed by atoms with Crippen molar-refractivity contribution < 1.29 is 9.13 Å². The maximum Gasteiger partial charge on any atom is 0.123 e. The first-order valence-corrected chi connectivity index (χ1v) is 9.62. The van der Waals surface area contributed by atoms with Gasteiger partial charge in [-0.2, -0.15) is 0 Å². The molecule has 0 fully saturated rings. The van der Waals surface area contributed by atoms with E-state index in [9.17, 15) is 4.39 Å². The summed E-state index contributed by atoms with van der Waals surface area (Å²) >= 11 is 0. The highest BCUT2D eigenvalue weighted by molar-refractivity contribution is 6.10. The summed E-state index contributed by atoms with van der Waals surface area (Å²) in [5, 5.41) is 13.0. The number of nitrogens with one attached hydrogen (secondary N) is 2. The fourth-order valence-electron chi connectivity index (χ4n) is 3.25. The van der Waals surface area contributed by atoms with Crippen LogP contribution in [0.5, 0.6) is 0 Å². The van der Waals surface area contributed by atoms with Crippen molar-refractivity contribution in [3.8, 4) is 0 Å². The number of ether oxygens (including phenoxy) is 1. The van der Waals surface area contributed by atoms with Crippen molar-refractivity contribution in [2.24, 2.45) is 5.92 Å². The summed E-state index contributed by atoms with van der Waals surface area (Å²) in [6.45, 7) is 7.20. The number of hydrogen-bond acceptors (Lipinski definition) is 4. The third kappa shape index (κ3) is 4.54. The molecule has 0 amide bonds. The van der Waals surface area contributed by atoms with Crippen LogP contribution in [0.3, 0.4) is 0 Å². The zero-order valence-corrected chi connectivity index (χ0v) is 16.6. The predicted molar refractivity (Wildman–Crippen MR) is 113 cm³/mol. The molecule has 3 aromatic rings. The summed E-state index contributed by atoms with van der Waals surface area (Å²) < 4.78 is 18.7. The van der Waals surface area contributed by atoms with Gasteiger partial charge in [0.2, 0.25) is 0 Å². The quantitative estimate of drug-likeness (QED) is 0.482. The van der Waals surface area contributed by atoms with Gasteiger partial charge in [0.1, 0.15) is 5.82 Å². The van der Waals surface area contributed by atoms with E-state index in [1.165, 1.54) is 12.1 Å². The second-order valence-electron chi connectivity index (χ2n) is 6.85. The van der Waals surface area contributed by atoms with Crippen molar-refractivity contribution in [1.29, 1.82) is 5.41 Å². The lowest BCUT2D eigenvalue weighted by molar-refractivity contribution is 0.128. The van der Waals surface area contributed by atoms with Gasteiger partial charge in [-0.05, 0) is 62.7 Å². The molecule has 3 rings (SSSR count). The van der Waals surface area contributed by atoms with Crippen LogP contribution in [0.1, 0.15) is 31.5 Å². The fraction of sp³-hybridized carbons (Fsp3) is 0.304. The Morgan fingerprint density at radius 2 is 1.82 bits per heavy atom. The Balaban J connectivity index is 1.94. The zero-order chi connectivity index (χ0) is 20.1. The highest BCUT2D eigenvalue weighted by Crippen LogP contribution is 2.27. The lowest BCUT2D eigenvalue weighted by atomic mass is 9.92. The number of nitrogens with zero attached hydrogens (tertiary/aromatic N) is 1. The predicted octanol–water partition coefficient (Wildman–Crippen LogP) is 5.86. The molecule has 0 saturated heterocycles. The largest absolute Gasteiger partial charge is 0.381 e. The summed E-state index contributed by atoms with van der Waals surface area (Å²) in [5.41, 5.74) is 4.88. The van der Waals surface area contributed by atoms with Crippen LogP contribution >= 0.6 is 0 Å². The number of fused-ring (bicyclic) bond motifs is 1. The first-order valence-electron chi connectivity index (χ1n) is 9.62. The Labute approximate surface area is 165 Å². The Morgan fingerprint density at radius 3 is 2.50 bits per heavy atom. The highest BCUT2D eigenvalue weighted by Gasteiger charge is 2.18. The molecule has 0 unspecified atom stereocenters. The molecule has 0 bridgehead atoms. The Morgan fingerprint density at radius 1 is 1.11 bits per heavy atom. The monoisotopic (exact) mass is 379 g/mol. The molecular weight excluding hydrogens is 353 g/mol. The van der Waals surface area contributed by atoms with Crippen molar-refractivity contribution in [3.63, 3.8) is 0 Å². The first kappa shape index (κ1) is 20.0. The molecule has 146 valence electrons. The third-order valence-corrected chi connectivity index (χ3v) is 4.79. The van der Waals surface area contributed by atoms with Gasteiger partial charge in [-0.25, -0.2) is 4.39 Å². The van der Waals surface area contributed by atoms with Gasteiger partial charge in [0.15, 0.2) is 0 Å². The minimum Gasteiger partial charge on any atom is -0.381 e. The SMILES string of the molecule is CCOC[C@@H](CC)C(=N)c1cc(C)nc2cc(Nc3ccc(F)cc3)ccc12. The summed E-state index contributed by atoms with van der Waals surface area (Å²) in [4.78, 5) is 4.65. The van der Waals surface area contributed by atoms with E-state index in [1.807, 2.05) is 38.1 Å². The average molecular weight is 379 g/mol. The molecule has 0 aliphatic rings. The smallest absolute Gasteiger partial charge is 0.123 e. The highest BCUT2D eigenvalue weighted by atomic mass is 19.1. The molecule has 4 nitrogen and oxygen atoms in total. The van der Waals surface area contributed by atoms with Crippen LogP contribution in [-0.4, -0.2) is 23.9 Å². The minimum atomic E-state index is -0.262. The van der Waals surface area contributed by atoms with Gasteiger partial charge in [-0.3, -0.25) is 4.98 Å². The van der Waals surface area contributed by atoms with E-state index in [-0.39, 0.29) is 11.7 Å². The Bertz CT molecular complexity index is 969. The molecule has 5 heteroatoms. The molecule has 0 saturated carbocycles. The van der Waals surface area contributed by atoms with Gasteiger partial charge in [-0.1, -0.05) is 13.0 Å². The topological polar surface area (TPSA) is 58.0 Å². The summed E-state index contributed by atoms with van der Waals surface area (Å²) in [6, 6.07) is 14.1. The van der Waals surface area contributed by atoms with Gasteiger partial charge >= 0.3 is 0 Å². The summed E-state index contributed by atoms with van der Waals surface area (Å²) in [5.74, 6) is -0.205. The van der Waals surface area contributed by atoms with Crippen molar-refractivity contribution in [2.45, 2.75) is 27.2 Å². The molecule has 0 aliphatic heterocycles. The lowest BCUT2D eigenvalue weighted by Gasteiger charge is -2.18. The van der Waals surface area contributed by atoms with Crippen LogP contribution in [0, 0.1) is 24.1 Å². The van der Waals surface area contributed by atoms with Gasteiger partial charge in [0, 0.05) is 46.3 Å². The number of pyridine rings is 1. The van der Waals surface area contributed by atoms with Crippen molar-refractivity contribution in [2.75, 3.05) is 18.5 Å². The number of rotatable bonds is 8. The van der Waals surface area contributed by atoms with Crippen LogP contribution in [0.2, 0.25) is 0 Å². The van der Waals surface area contributed by atoms with Gasteiger partial charge in [0.05, 0.1) is 12.1 Å². The first-order chi connectivity index (χ1) is 13.5. The molecule has 2 N–H and O–H groups in total. The maximum absolute atomic E-state index is 13.1. The van der Waals surface area contributed by atoms with Crippen LogP contribution in [0.4, 0.5) is 15.8 Å². The molecule has 2 aromatic carbocycles. The van der Waals surface area contributed by atoms with E-state index in [2.05, 4.69) is 17.2 Å². The van der Waals surface area contributed by atoms with Crippen molar-refractivity contribution >= 4 is 28.0 Å². The van der Waals surface area contributed by atoms with E-state index in [1.54, 1.807) is 12.1 Å². The van der Waals surface area contributed by atoms with E-state index >= 15 is 0 Å². The third-order valence-electron chi connectivity index (χ3n) is 4.79. The maximum atomic E-state index is 13.1.